The van der Waals surface area contributed by atoms with Crippen LogP contribution >= 0.6 is 0 Å². The van der Waals surface area contributed by atoms with Crippen molar-refractivity contribution >= 4 is 6.03 Å². The molecule has 1 saturated carbocycles. The Bertz CT molecular complexity index is 143. The van der Waals surface area contributed by atoms with Gasteiger partial charge >= 0.3 is 6.03 Å². The first-order chi connectivity index (χ1) is 5.26. The molecule has 1 fully saturated rings. The maximum Gasteiger partial charge on any atom is 0.314 e. The third kappa shape index (κ3) is 2.08. The van der Waals surface area contributed by atoms with E-state index >= 15 is 0 Å². The number of methoxy groups -OCH3 is 1. The Morgan fingerprint density at radius 2 is 2.18 bits per heavy atom. The van der Waals surface area contributed by atoms with Crippen LogP contribution in [-0.2, 0) is 4.74 Å². The van der Waals surface area contributed by atoms with Crippen LogP contribution in [0.2, 0.25) is 0 Å². The highest BCUT2D eigenvalue weighted by Crippen LogP contribution is 2.21. The Labute approximate surface area is 66.3 Å². The molecule has 11 heavy (non-hydrogen) atoms. The second-order valence-corrected chi connectivity index (χ2v) is 2.75. The van der Waals surface area contributed by atoms with E-state index in [4.69, 9.17) is 4.74 Å². The van der Waals surface area contributed by atoms with Gasteiger partial charge in [0.05, 0.1) is 6.10 Å². The largest absolute Gasteiger partial charge is 0.381 e. The molecule has 2 N–H and O–H groups in total. The van der Waals surface area contributed by atoms with Crippen LogP contribution < -0.4 is 10.6 Å². The zero-order valence-corrected chi connectivity index (χ0v) is 6.89. The minimum atomic E-state index is -0.107. The van der Waals surface area contributed by atoms with Gasteiger partial charge in [0.25, 0.3) is 0 Å². The van der Waals surface area contributed by atoms with Crippen molar-refractivity contribution in [3.8, 4) is 0 Å². The minimum absolute atomic E-state index is 0.107. The van der Waals surface area contributed by atoms with Gasteiger partial charge in [0.2, 0.25) is 0 Å². The number of carbonyl (C=O) groups is 1. The normalized spacial score (nSPS) is 28.9. The molecule has 0 atom stereocenters. The molecule has 1 rings (SSSR count). The highest BCUT2D eigenvalue weighted by atomic mass is 16.5. The molecule has 0 aromatic heterocycles. The van der Waals surface area contributed by atoms with Crippen LogP contribution in [0.25, 0.3) is 0 Å². The molecule has 0 bridgehead atoms. The average Bonchev–Trinajstić information content (AvgIpc) is 1.95. The standard InChI is InChI=1S/C7H14N2O2/c1-8-7(10)9-5-3-6(4-5)11-2/h5-6H,3-4H2,1-2H3,(H2,8,9,10). The number of carbonyl (C=O) groups excluding carboxylic acids is 1. The lowest BCUT2D eigenvalue weighted by molar-refractivity contribution is 0.0206. The molecule has 4 heteroatoms. The molecule has 1 aliphatic rings. The van der Waals surface area contributed by atoms with Gasteiger partial charge in [0, 0.05) is 20.2 Å². The minimum Gasteiger partial charge on any atom is -0.381 e. The topological polar surface area (TPSA) is 50.4 Å². The van der Waals surface area contributed by atoms with Crippen molar-refractivity contribution < 1.29 is 9.53 Å². The number of hydrogen-bond donors (Lipinski definition) is 2. The van der Waals surface area contributed by atoms with E-state index in [1.807, 2.05) is 0 Å². The number of urea groups is 1. The summed E-state index contributed by atoms with van der Waals surface area (Å²) in [5.74, 6) is 0. The maximum atomic E-state index is 10.7. The Morgan fingerprint density at radius 3 is 2.64 bits per heavy atom. The third-order valence-corrected chi connectivity index (χ3v) is 1.99. The lowest BCUT2D eigenvalue weighted by Crippen LogP contribution is -2.49. The van der Waals surface area contributed by atoms with Gasteiger partial charge in [-0.1, -0.05) is 0 Å². The predicted molar refractivity (Wildman–Crippen MR) is 41.4 cm³/mol. The molecule has 1 aliphatic carbocycles. The number of amides is 2. The van der Waals surface area contributed by atoms with E-state index in [0.717, 1.165) is 12.8 Å². The van der Waals surface area contributed by atoms with Gasteiger partial charge < -0.3 is 15.4 Å². The molecule has 0 aromatic rings. The van der Waals surface area contributed by atoms with Gasteiger partial charge in [-0.15, -0.1) is 0 Å². The molecule has 64 valence electrons. The fourth-order valence-corrected chi connectivity index (χ4v) is 1.13. The lowest BCUT2D eigenvalue weighted by Gasteiger charge is -2.34. The van der Waals surface area contributed by atoms with Crippen LogP contribution in [0.4, 0.5) is 4.79 Å². The van der Waals surface area contributed by atoms with Crippen LogP contribution in [0.1, 0.15) is 12.8 Å². The smallest absolute Gasteiger partial charge is 0.314 e. The van der Waals surface area contributed by atoms with Crippen molar-refractivity contribution in [3.63, 3.8) is 0 Å². The first-order valence-corrected chi connectivity index (χ1v) is 3.77. The van der Waals surface area contributed by atoms with E-state index in [2.05, 4.69) is 10.6 Å². The summed E-state index contributed by atoms with van der Waals surface area (Å²) in [6.45, 7) is 0. The van der Waals surface area contributed by atoms with Crippen molar-refractivity contribution in [2.45, 2.75) is 25.0 Å². The van der Waals surface area contributed by atoms with E-state index in [9.17, 15) is 4.79 Å². The monoisotopic (exact) mass is 158 g/mol. The van der Waals surface area contributed by atoms with Crippen LogP contribution in [-0.4, -0.2) is 32.3 Å². The Balaban J connectivity index is 2.08. The summed E-state index contributed by atoms with van der Waals surface area (Å²) in [7, 11) is 3.31. The number of ether oxygens (including phenoxy) is 1. The average molecular weight is 158 g/mol. The van der Waals surface area contributed by atoms with E-state index in [0.29, 0.717) is 12.1 Å². The van der Waals surface area contributed by atoms with Crippen molar-refractivity contribution in [1.29, 1.82) is 0 Å². The first kappa shape index (κ1) is 8.33. The van der Waals surface area contributed by atoms with Crippen LogP contribution in [0.15, 0.2) is 0 Å². The summed E-state index contributed by atoms with van der Waals surface area (Å²) in [6.07, 6.45) is 2.21. The molecule has 0 unspecified atom stereocenters. The zero-order valence-electron chi connectivity index (χ0n) is 6.89. The van der Waals surface area contributed by atoms with Crippen molar-refractivity contribution in [2.24, 2.45) is 0 Å². The van der Waals surface area contributed by atoms with Gasteiger partial charge in [0.15, 0.2) is 0 Å². The first-order valence-electron chi connectivity index (χ1n) is 3.77. The second-order valence-electron chi connectivity index (χ2n) is 2.75. The molecule has 0 heterocycles. The highest BCUT2D eigenvalue weighted by Gasteiger charge is 2.29. The maximum absolute atomic E-state index is 10.7. The molecule has 0 saturated heterocycles. The van der Waals surface area contributed by atoms with Gasteiger partial charge in [-0.05, 0) is 12.8 Å². The van der Waals surface area contributed by atoms with Gasteiger partial charge in [-0.25, -0.2) is 4.79 Å². The van der Waals surface area contributed by atoms with Gasteiger partial charge in [0.1, 0.15) is 0 Å². The molecule has 2 amide bonds. The summed E-state index contributed by atoms with van der Waals surface area (Å²) in [6, 6.07) is 0.199. The highest BCUT2D eigenvalue weighted by molar-refractivity contribution is 5.73. The Kier molecular flexibility index (Phi) is 2.70. The second kappa shape index (κ2) is 3.57. The van der Waals surface area contributed by atoms with Crippen molar-refractivity contribution in [1.82, 2.24) is 10.6 Å². The molecule has 0 aromatic carbocycles. The number of nitrogens with one attached hydrogen (secondary N) is 2. The van der Waals surface area contributed by atoms with Crippen molar-refractivity contribution in [2.75, 3.05) is 14.2 Å². The van der Waals surface area contributed by atoms with E-state index in [1.54, 1.807) is 14.2 Å². The van der Waals surface area contributed by atoms with Crippen molar-refractivity contribution in [3.05, 3.63) is 0 Å². The fraction of sp³-hybridized carbons (Fsp3) is 0.857. The predicted octanol–water partition coefficient (Wildman–Crippen LogP) is 0.0928. The number of rotatable bonds is 2. The van der Waals surface area contributed by atoms with E-state index in [1.165, 1.54) is 0 Å². The SMILES string of the molecule is CNC(=O)NC1CC(OC)C1. The zero-order chi connectivity index (χ0) is 8.27. The molecule has 0 aliphatic heterocycles. The summed E-state index contributed by atoms with van der Waals surface area (Å²) >= 11 is 0. The van der Waals surface area contributed by atoms with Crippen LogP contribution in [0.3, 0.4) is 0 Å². The molecule has 0 radical (unpaired) electrons. The van der Waals surface area contributed by atoms with E-state index < -0.39 is 0 Å². The molecule has 0 spiro atoms. The third-order valence-electron chi connectivity index (χ3n) is 1.99. The van der Waals surface area contributed by atoms with E-state index in [-0.39, 0.29) is 6.03 Å². The van der Waals surface area contributed by atoms with Gasteiger partial charge in [-0.3, -0.25) is 0 Å². The Morgan fingerprint density at radius 1 is 1.55 bits per heavy atom. The summed E-state index contributed by atoms with van der Waals surface area (Å²) < 4.78 is 5.06. The lowest BCUT2D eigenvalue weighted by atomic mass is 9.89. The fourth-order valence-electron chi connectivity index (χ4n) is 1.13. The molecular weight excluding hydrogens is 144 g/mol. The number of hydrogen-bond acceptors (Lipinski definition) is 2. The van der Waals surface area contributed by atoms with Crippen LogP contribution in [0, 0.1) is 0 Å². The Hall–Kier alpha value is -0.770. The summed E-state index contributed by atoms with van der Waals surface area (Å²) in [4.78, 5) is 10.7. The van der Waals surface area contributed by atoms with Gasteiger partial charge in [-0.2, -0.15) is 0 Å². The molecule has 4 nitrogen and oxygen atoms in total. The summed E-state index contributed by atoms with van der Waals surface area (Å²) in [5.41, 5.74) is 0. The molecular formula is C7H14N2O2. The van der Waals surface area contributed by atoms with Crippen LogP contribution in [0.5, 0.6) is 0 Å². The summed E-state index contributed by atoms with van der Waals surface area (Å²) in [5, 5.41) is 5.31. The quantitative estimate of drug-likeness (QED) is 0.598.